The standard InChI is InChI=1S/C16H34N2O/c1-14(2)13-15(18)16(19)11-9-7-5-3-4-6-8-10-12-17/h14-15H,3-13,17-18H2,1-2H3/t15-/m0/s1. The Bertz CT molecular complexity index is 217. The summed E-state index contributed by atoms with van der Waals surface area (Å²) in [6.45, 7) is 5.04. The van der Waals surface area contributed by atoms with Crippen LogP contribution >= 0.6 is 0 Å². The van der Waals surface area contributed by atoms with Crippen molar-refractivity contribution in [3.05, 3.63) is 0 Å². The first-order valence-corrected chi connectivity index (χ1v) is 8.06. The fourth-order valence-electron chi connectivity index (χ4n) is 2.33. The Kier molecular flexibility index (Phi) is 12.3. The molecule has 0 radical (unpaired) electrons. The van der Waals surface area contributed by atoms with Crippen LogP contribution in [0.1, 0.15) is 78.1 Å². The summed E-state index contributed by atoms with van der Waals surface area (Å²) in [5, 5.41) is 0. The highest BCUT2D eigenvalue weighted by molar-refractivity contribution is 5.83. The van der Waals surface area contributed by atoms with E-state index in [1.165, 1.54) is 32.1 Å². The molecule has 0 aliphatic carbocycles. The van der Waals surface area contributed by atoms with Gasteiger partial charge in [-0.3, -0.25) is 4.79 Å². The molecular formula is C16H34N2O. The maximum Gasteiger partial charge on any atom is 0.149 e. The van der Waals surface area contributed by atoms with Gasteiger partial charge in [0.05, 0.1) is 6.04 Å². The zero-order chi connectivity index (χ0) is 14.5. The van der Waals surface area contributed by atoms with Crippen LogP contribution in [0.5, 0.6) is 0 Å². The van der Waals surface area contributed by atoms with Gasteiger partial charge in [0.2, 0.25) is 0 Å². The van der Waals surface area contributed by atoms with Crippen LogP contribution < -0.4 is 11.5 Å². The molecule has 0 rings (SSSR count). The van der Waals surface area contributed by atoms with Crippen molar-refractivity contribution < 1.29 is 4.79 Å². The number of hydrogen-bond donors (Lipinski definition) is 2. The van der Waals surface area contributed by atoms with Gasteiger partial charge in [0.1, 0.15) is 5.78 Å². The minimum atomic E-state index is -0.240. The maximum atomic E-state index is 11.7. The number of hydrogen-bond acceptors (Lipinski definition) is 3. The molecule has 114 valence electrons. The molecule has 3 heteroatoms. The predicted octanol–water partition coefficient (Wildman–Crippen LogP) is 3.40. The Balaban J connectivity index is 3.32. The minimum absolute atomic E-state index is 0.240. The molecule has 0 heterocycles. The molecule has 0 bridgehead atoms. The van der Waals surface area contributed by atoms with Gasteiger partial charge in [-0.25, -0.2) is 0 Å². The number of unbranched alkanes of at least 4 members (excludes halogenated alkanes) is 7. The fourth-order valence-corrected chi connectivity index (χ4v) is 2.33. The van der Waals surface area contributed by atoms with Gasteiger partial charge in [-0.2, -0.15) is 0 Å². The van der Waals surface area contributed by atoms with Crippen LogP contribution in [-0.4, -0.2) is 18.4 Å². The van der Waals surface area contributed by atoms with Crippen molar-refractivity contribution in [3.8, 4) is 0 Å². The molecule has 0 aliphatic heterocycles. The molecule has 0 unspecified atom stereocenters. The summed E-state index contributed by atoms with van der Waals surface area (Å²) in [7, 11) is 0. The topological polar surface area (TPSA) is 69.1 Å². The summed E-state index contributed by atoms with van der Waals surface area (Å²) in [5.74, 6) is 0.754. The highest BCUT2D eigenvalue weighted by atomic mass is 16.1. The van der Waals surface area contributed by atoms with Crippen LogP contribution in [0.3, 0.4) is 0 Å². The molecule has 1 atom stereocenters. The third kappa shape index (κ3) is 12.4. The lowest BCUT2D eigenvalue weighted by Crippen LogP contribution is -2.31. The molecule has 19 heavy (non-hydrogen) atoms. The smallest absolute Gasteiger partial charge is 0.149 e. The number of carbonyl (C=O) groups excluding carboxylic acids is 1. The van der Waals surface area contributed by atoms with Gasteiger partial charge in [-0.15, -0.1) is 0 Å². The van der Waals surface area contributed by atoms with Crippen LogP contribution in [0.4, 0.5) is 0 Å². The van der Waals surface area contributed by atoms with Gasteiger partial charge in [-0.05, 0) is 31.7 Å². The first-order valence-electron chi connectivity index (χ1n) is 8.06. The molecule has 0 saturated carbocycles. The lowest BCUT2D eigenvalue weighted by Gasteiger charge is -2.12. The fraction of sp³-hybridized carbons (Fsp3) is 0.938. The van der Waals surface area contributed by atoms with Crippen LogP contribution in [0.2, 0.25) is 0 Å². The highest BCUT2D eigenvalue weighted by Gasteiger charge is 2.13. The van der Waals surface area contributed by atoms with Crippen LogP contribution in [0.15, 0.2) is 0 Å². The summed E-state index contributed by atoms with van der Waals surface area (Å²) in [6.07, 6.45) is 11.2. The van der Waals surface area contributed by atoms with E-state index in [1.807, 2.05) is 0 Å². The van der Waals surface area contributed by atoms with Crippen molar-refractivity contribution in [3.63, 3.8) is 0 Å². The van der Waals surface area contributed by atoms with Crippen molar-refractivity contribution in [1.29, 1.82) is 0 Å². The molecule has 0 saturated heterocycles. The molecule has 0 aromatic carbocycles. The van der Waals surface area contributed by atoms with Crippen LogP contribution in [0.25, 0.3) is 0 Å². The number of rotatable bonds is 13. The van der Waals surface area contributed by atoms with E-state index in [9.17, 15) is 4.79 Å². The lowest BCUT2D eigenvalue weighted by atomic mass is 9.97. The summed E-state index contributed by atoms with van der Waals surface area (Å²) >= 11 is 0. The summed E-state index contributed by atoms with van der Waals surface area (Å²) in [4.78, 5) is 11.7. The third-order valence-corrected chi connectivity index (χ3v) is 3.52. The van der Waals surface area contributed by atoms with Gasteiger partial charge in [0.15, 0.2) is 0 Å². The molecule has 0 spiro atoms. The zero-order valence-corrected chi connectivity index (χ0v) is 13.0. The Morgan fingerprint density at radius 2 is 1.37 bits per heavy atom. The Labute approximate surface area is 119 Å². The number of nitrogens with two attached hydrogens (primary N) is 2. The second kappa shape index (κ2) is 12.6. The first kappa shape index (κ1) is 18.6. The van der Waals surface area contributed by atoms with Gasteiger partial charge in [0, 0.05) is 6.42 Å². The predicted molar refractivity (Wildman–Crippen MR) is 83.0 cm³/mol. The number of carbonyl (C=O) groups is 1. The first-order chi connectivity index (χ1) is 9.07. The number of ketones is 1. The molecule has 0 fully saturated rings. The summed E-state index contributed by atoms with van der Waals surface area (Å²) in [5.41, 5.74) is 11.3. The van der Waals surface area contributed by atoms with E-state index in [-0.39, 0.29) is 11.8 Å². The lowest BCUT2D eigenvalue weighted by molar-refractivity contribution is -0.120. The average molecular weight is 270 g/mol. The van der Waals surface area contributed by atoms with Crippen molar-refractivity contribution >= 4 is 5.78 Å². The largest absolute Gasteiger partial charge is 0.330 e. The Morgan fingerprint density at radius 1 is 0.895 bits per heavy atom. The monoisotopic (exact) mass is 270 g/mol. The van der Waals surface area contributed by atoms with Gasteiger partial charge < -0.3 is 11.5 Å². The van der Waals surface area contributed by atoms with E-state index in [2.05, 4.69) is 13.8 Å². The van der Waals surface area contributed by atoms with Crippen molar-refractivity contribution in [2.24, 2.45) is 17.4 Å². The zero-order valence-electron chi connectivity index (χ0n) is 13.0. The molecule has 0 aliphatic rings. The van der Waals surface area contributed by atoms with Gasteiger partial charge in [0.25, 0.3) is 0 Å². The summed E-state index contributed by atoms with van der Waals surface area (Å²) < 4.78 is 0. The van der Waals surface area contributed by atoms with E-state index >= 15 is 0 Å². The second-order valence-electron chi connectivity index (χ2n) is 6.07. The molecule has 4 N–H and O–H groups in total. The van der Waals surface area contributed by atoms with Crippen molar-refractivity contribution in [1.82, 2.24) is 0 Å². The van der Waals surface area contributed by atoms with Gasteiger partial charge in [-0.1, -0.05) is 52.4 Å². The average Bonchev–Trinajstić information content (AvgIpc) is 2.35. The van der Waals surface area contributed by atoms with Crippen LogP contribution in [0, 0.1) is 5.92 Å². The van der Waals surface area contributed by atoms with E-state index in [0.29, 0.717) is 12.3 Å². The maximum absolute atomic E-state index is 11.7. The van der Waals surface area contributed by atoms with E-state index in [4.69, 9.17) is 11.5 Å². The Morgan fingerprint density at radius 3 is 1.84 bits per heavy atom. The molecule has 0 aromatic rings. The second-order valence-corrected chi connectivity index (χ2v) is 6.07. The molecule has 0 aromatic heterocycles. The minimum Gasteiger partial charge on any atom is -0.330 e. The van der Waals surface area contributed by atoms with Gasteiger partial charge >= 0.3 is 0 Å². The highest BCUT2D eigenvalue weighted by Crippen LogP contribution is 2.11. The van der Waals surface area contributed by atoms with Crippen LogP contribution in [-0.2, 0) is 4.79 Å². The van der Waals surface area contributed by atoms with E-state index in [1.54, 1.807) is 0 Å². The van der Waals surface area contributed by atoms with E-state index in [0.717, 1.165) is 32.2 Å². The number of Topliss-reactive ketones (excluding diaryl/α,β-unsaturated/α-hetero) is 1. The molecule has 3 nitrogen and oxygen atoms in total. The summed E-state index contributed by atoms with van der Waals surface area (Å²) in [6, 6.07) is -0.240. The third-order valence-electron chi connectivity index (χ3n) is 3.52. The van der Waals surface area contributed by atoms with Crippen molar-refractivity contribution in [2.45, 2.75) is 84.1 Å². The molecule has 0 amide bonds. The molecular weight excluding hydrogens is 236 g/mol. The normalized spacial score (nSPS) is 12.9. The van der Waals surface area contributed by atoms with E-state index < -0.39 is 0 Å². The van der Waals surface area contributed by atoms with Crippen molar-refractivity contribution in [2.75, 3.05) is 6.54 Å². The SMILES string of the molecule is CC(C)C[C@H](N)C(=O)CCCCCCCCCCN. The quantitative estimate of drug-likeness (QED) is 0.504. The Hall–Kier alpha value is -0.410.